The van der Waals surface area contributed by atoms with Crippen LogP contribution in [0, 0.1) is 6.92 Å². The van der Waals surface area contributed by atoms with Crippen molar-refractivity contribution in [2.75, 3.05) is 20.6 Å². The van der Waals surface area contributed by atoms with Crippen LogP contribution in [0.3, 0.4) is 0 Å². The Balaban J connectivity index is 2.58. The molecule has 6 nitrogen and oxygen atoms in total. The van der Waals surface area contributed by atoms with Crippen molar-refractivity contribution >= 4 is 5.91 Å². The number of amides is 1. The average Bonchev–Trinajstić information content (AvgIpc) is 2.38. The number of carbonyl (C=O) groups excluding carboxylic acids is 1. The van der Waals surface area contributed by atoms with Gasteiger partial charge in [-0.25, -0.2) is 0 Å². The van der Waals surface area contributed by atoms with Crippen LogP contribution < -0.4 is 5.32 Å². The molecule has 1 rings (SSSR count). The molecule has 0 aliphatic heterocycles. The molecule has 3 N–H and O–H groups in total. The van der Waals surface area contributed by atoms with Gasteiger partial charge in [0.2, 0.25) is 5.91 Å². The van der Waals surface area contributed by atoms with E-state index in [9.17, 15) is 15.0 Å². The Labute approximate surface area is 113 Å². The maximum absolute atomic E-state index is 11.4. The largest absolute Gasteiger partial charge is 0.506 e. The first-order valence-corrected chi connectivity index (χ1v) is 6.15. The molecular weight excluding hydrogens is 246 g/mol. The molecule has 1 heterocycles. The van der Waals surface area contributed by atoms with Crippen molar-refractivity contribution in [1.82, 2.24) is 15.2 Å². The zero-order chi connectivity index (χ0) is 14.4. The molecule has 0 fully saturated rings. The number of aryl methyl sites for hydroxylation is 1. The number of carbonyl (C=O) groups is 1. The molecule has 0 aliphatic carbocycles. The van der Waals surface area contributed by atoms with Gasteiger partial charge in [0.05, 0.1) is 12.3 Å². The van der Waals surface area contributed by atoms with E-state index in [-0.39, 0.29) is 18.3 Å². The summed E-state index contributed by atoms with van der Waals surface area (Å²) in [7, 11) is 3.43. The van der Waals surface area contributed by atoms with E-state index in [1.807, 2.05) is 0 Å². The highest BCUT2D eigenvalue weighted by Gasteiger charge is 2.11. The maximum Gasteiger partial charge on any atom is 0.223 e. The molecule has 0 aromatic carbocycles. The fourth-order valence-electron chi connectivity index (χ4n) is 1.65. The van der Waals surface area contributed by atoms with Gasteiger partial charge in [0.25, 0.3) is 0 Å². The zero-order valence-corrected chi connectivity index (χ0v) is 11.6. The van der Waals surface area contributed by atoms with Gasteiger partial charge >= 0.3 is 0 Å². The summed E-state index contributed by atoms with van der Waals surface area (Å²) >= 11 is 0. The van der Waals surface area contributed by atoms with Gasteiger partial charge in [-0.1, -0.05) is 0 Å². The van der Waals surface area contributed by atoms with Crippen LogP contribution >= 0.6 is 0 Å². The molecular formula is C13H21N3O3. The zero-order valence-electron chi connectivity index (χ0n) is 11.6. The minimum absolute atomic E-state index is 0.0463. The van der Waals surface area contributed by atoms with Crippen molar-refractivity contribution in [3.05, 3.63) is 23.0 Å². The van der Waals surface area contributed by atoms with Gasteiger partial charge in [-0.2, -0.15) is 0 Å². The number of aliphatic hydroxyl groups excluding tert-OH is 1. The van der Waals surface area contributed by atoms with E-state index in [2.05, 4.69) is 10.3 Å². The molecule has 6 heteroatoms. The fraction of sp³-hybridized carbons (Fsp3) is 0.538. The number of aliphatic hydroxyl groups is 1. The standard InChI is InChI=1S/C13H21N3O3/c1-9-13(19)11(10(8-17)6-15-9)7-14-5-4-12(18)16(2)3/h6,14,17,19H,4-5,7-8H2,1-3H3. The first kappa shape index (κ1) is 15.4. The highest BCUT2D eigenvalue weighted by molar-refractivity contribution is 5.75. The fourth-order valence-corrected chi connectivity index (χ4v) is 1.65. The van der Waals surface area contributed by atoms with Gasteiger partial charge < -0.3 is 20.4 Å². The summed E-state index contributed by atoms with van der Waals surface area (Å²) in [5.41, 5.74) is 1.75. The second-order valence-corrected chi connectivity index (χ2v) is 4.57. The SMILES string of the molecule is Cc1ncc(CO)c(CNCCC(=O)N(C)C)c1O. The Bertz CT molecular complexity index is 447. The smallest absolute Gasteiger partial charge is 0.223 e. The molecule has 0 aliphatic rings. The number of rotatable bonds is 6. The van der Waals surface area contributed by atoms with Crippen molar-refractivity contribution in [3.63, 3.8) is 0 Å². The molecule has 0 radical (unpaired) electrons. The van der Waals surface area contributed by atoms with Crippen molar-refractivity contribution in [2.24, 2.45) is 0 Å². The van der Waals surface area contributed by atoms with Crippen LogP contribution in [0.4, 0.5) is 0 Å². The predicted molar refractivity (Wildman–Crippen MR) is 71.6 cm³/mol. The van der Waals surface area contributed by atoms with E-state index in [4.69, 9.17) is 0 Å². The Morgan fingerprint density at radius 2 is 2.16 bits per heavy atom. The Kier molecular flexibility index (Phi) is 5.72. The first-order chi connectivity index (χ1) is 8.97. The lowest BCUT2D eigenvalue weighted by atomic mass is 10.1. The van der Waals surface area contributed by atoms with Crippen molar-refractivity contribution in [1.29, 1.82) is 0 Å². The summed E-state index contributed by atoms with van der Waals surface area (Å²) in [5.74, 6) is 0.142. The van der Waals surface area contributed by atoms with E-state index >= 15 is 0 Å². The van der Waals surface area contributed by atoms with Crippen LogP contribution in [0.1, 0.15) is 23.2 Å². The molecule has 0 saturated carbocycles. The second-order valence-electron chi connectivity index (χ2n) is 4.57. The topological polar surface area (TPSA) is 85.7 Å². The molecule has 106 valence electrons. The number of pyridine rings is 1. The van der Waals surface area contributed by atoms with Crippen molar-refractivity contribution < 1.29 is 15.0 Å². The number of hydrogen-bond acceptors (Lipinski definition) is 5. The first-order valence-electron chi connectivity index (χ1n) is 6.15. The van der Waals surface area contributed by atoms with Crippen molar-refractivity contribution in [3.8, 4) is 5.75 Å². The van der Waals surface area contributed by atoms with E-state index in [0.717, 1.165) is 0 Å². The van der Waals surface area contributed by atoms with E-state index in [0.29, 0.717) is 36.3 Å². The maximum atomic E-state index is 11.4. The monoisotopic (exact) mass is 267 g/mol. The number of aromatic hydroxyl groups is 1. The van der Waals surface area contributed by atoms with Gasteiger partial charge in [-0.3, -0.25) is 9.78 Å². The molecule has 1 aromatic rings. The molecule has 0 atom stereocenters. The number of nitrogens with zero attached hydrogens (tertiary/aromatic N) is 2. The summed E-state index contributed by atoms with van der Waals surface area (Å²) < 4.78 is 0. The van der Waals surface area contributed by atoms with Crippen LogP contribution in [0.15, 0.2) is 6.20 Å². The van der Waals surface area contributed by atoms with Gasteiger partial charge in [-0.05, 0) is 6.92 Å². The molecule has 19 heavy (non-hydrogen) atoms. The third kappa shape index (κ3) is 4.18. The quantitative estimate of drug-likeness (QED) is 0.639. The van der Waals surface area contributed by atoms with E-state index < -0.39 is 0 Å². The lowest BCUT2D eigenvalue weighted by Gasteiger charge is -2.13. The summed E-state index contributed by atoms with van der Waals surface area (Å²) in [6.07, 6.45) is 1.95. The molecule has 0 bridgehead atoms. The highest BCUT2D eigenvalue weighted by atomic mass is 16.3. The Morgan fingerprint density at radius 1 is 1.47 bits per heavy atom. The van der Waals surface area contributed by atoms with Crippen LogP contribution in [0.5, 0.6) is 5.75 Å². The molecule has 0 saturated heterocycles. The molecule has 0 spiro atoms. The predicted octanol–water partition coefficient (Wildman–Crippen LogP) is 0.156. The average molecular weight is 267 g/mol. The number of nitrogens with one attached hydrogen (secondary N) is 1. The third-order valence-corrected chi connectivity index (χ3v) is 2.92. The van der Waals surface area contributed by atoms with E-state index in [1.165, 1.54) is 4.90 Å². The van der Waals surface area contributed by atoms with Crippen LogP contribution in [-0.4, -0.2) is 46.6 Å². The second kappa shape index (κ2) is 7.06. The molecule has 0 unspecified atom stereocenters. The minimum Gasteiger partial charge on any atom is -0.506 e. The lowest BCUT2D eigenvalue weighted by molar-refractivity contribution is -0.128. The minimum atomic E-state index is -0.172. The van der Waals surface area contributed by atoms with Gasteiger partial charge in [0.1, 0.15) is 5.75 Å². The Morgan fingerprint density at radius 3 is 2.74 bits per heavy atom. The van der Waals surface area contributed by atoms with Gasteiger partial charge in [0, 0.05) is 50.9 Å². The summed E-state index contributed by atoms with van der Waals surface area (Å²) in [6, 6.07) is 0. The Hall–Kier alpha value is -1.66. The van der Waals surface area contributed by atoms with Gasteiger partial charge in [-0.15, -0.1) is 0 Å². The van der Waals surface area contributed by atoms with Crippen molar-refractivity contribution in [2.45, 2.75) is 26.5 Å². The number of aromatic nitrogens is 1. The van der Waals surface area contributed by atoms with Crippen LogP contribution in [0.25, 0.3) is 0 Å². The lowest BCUT2D eigenvalue weighted by Crippen LogP contribution is -2.26. The summed E-state index contributed by atoms with van der Waals surface area (Å²) in [6.45, 7) is 2.44. The van der Waals surface area contributed by atoms with Crippen LogP contribution in [0.2, 0.25) is 0 Å². The number of hydrogen-bond donors (Lipinski definition) is 3. The third-order valence-electron chi connectivity index (χ3n) is 2.92. The molecule has 1 aromatic heterocycles. The summed E-state index contributed by atoms with van der Waals surface area (Å²) in [5, 5.41) is 22.2. The highest BCUT2D eigenvalue weighted by Crippen LogP contribution is 2.23. The normalized spacial score (nSPS) is 10.5. The van der Waals surface area contributed by atoms with E-state index in [1.54, 1.807) is 27.2 Å². The summed E-state index contributed by atoms with van der Waals surface area (Å²) in [4.78, 5) is 16.9. The van der Waals surface area contributed by atoms with Gasteiger partial charge in [0.15, 0.2) is 0 Å². The molecule has 1 amide bonds. The van der Waals surface area contributed by atoms with Crippen LogP contribution in [-0.2, 0) is 17.9 Å².